The number of halogens is 1. The number of H-pyrrole nitrogens is 1. The number of nitrogens with zero attached hydrogens (tertiary/aromatic N) is 1. The van der Waals surface area contributed by atoms with Gasteiger partial charge in [-0.1, -0.05) is 11.6 Å². The Kier molecular flexibility index (Phi) is 7.00. The molecule has 122 valence electrons. The number of carbonyl (C=O) groups is 2. The zero-order chi connectivity index (χ0) is 16.7. The maximum absolute atomic E-state index is 12.1. The lowest BCUT2D eigenvalue weighted by Crippen LogP contribution is -2.30. The molecule has 1 N–H and O–H groups in total. The van der Waals surface area contributed by atoms with Crippen molar-refractivity contribution in [1.82, 2.24) is 10.2 Å². The maximum Gasteiger partial charge on any atom is 0.324 e. The summed E-state index contributed by atoms with van der Waals surface area (Å²) in [7, 11) is 1.28. The highest BCUT2D eigenvalue weighted by Gasteiger charge is 2.36. The minimum absolute atomic E-state index is 0.0116. The van der Waals surface area contributed by atoms with Crippen LogP contribution in [0.5, 0.6) is 0 Å². The Bertz CT molecular complexity index is 570. The van der Waals surface area contributed by atoms with Crippen molar-refractivity contribution in [3.63, 3.8) is 0 Å². The Labute approximate surface area is 131 Å². The second-order valence-corrected chi connectivity index (χ2v) is 4.45. The first-order valence-corrected chi connectivity index (χ1v) is 6.99. The lowest BCUT2D eigenvalue weighted by molar-refractivity contribution is -0.157. The van der Waals surface area contributed by atoms with Crippen molar-refractivity contribution < 1.29 is 23.8 Å². The van der Waals surface area contributed by atoms with E-state index in [0.717, 1.165) is 6.20 Å². The molecule has 1 atom stereocenters. The van der Waals surface area contributed by atoms with Crippen LogP contribution in [-0.2, 0) is 23.8 Å². The highest BCUT2D eigenvalue weighted by Crippen LogP contribution is 2.28. The van der Waals surface area contributed by atoms with E-state index in [1.807, 2.05) is 0 Å². The highest BCUT2D eigenvalue weighted by molar-refractivity contribution is 6.20. The van der Waals surface area contributed by atoms with Crippen LogP contribution in [0.25, 0.3) is 0 Å². The van der Waals surface area contributed by atoms with Crippen LogP contribution in [0, 0.1) is 0 Å². The summed E-state index contributed by atoms with van der Waals surface area (Å²) in [6.07, 6.45) is 1.16. The molecule has 1 rings (SSSR count). The highest BCUT2D eigenvalue weighted by atomic mass is 35.5. The minimum atomic E-state index is -1.46. The Morgan fingerprint density at radius 1 is 1.27 bits per heavy atom. The summed E-state index contributed by atoms with van der Waals surface area (Å²) >= 11 is 5.93. The van der Waals surface area contributed by atoms with Gasteiger partial charge in [-0.2, -0.15) is 5.10 Å². The molecule has 0 amide bonds. The second-order valence-electron chi connectivity index (χ2n) is 4.06. The van der Waals surface area contributed by atoms with Crippen LogP contribution in [-0.4, -0.2) is 42.5 Å². The number of rotatable bonds is 7. The van der Waals surface area contributed by atoms with E-state index in [1.54, 1.807) is 13.8 Å². The van der Waals surface area contributed by atoms with E-state index in [9.17, 15) is 14.4 Å². The number of aromatic nitrogens is 2. The standard InChI is InChI=1S/C13H17ClN2O6/c1-4-21-12(18)9(13(19)22-5-2)7-6-15-16-11(17)8(7)10(14)20-3/h6,9-10H,4-5H2,1-3H3,(H,16,17). The average Bonchev–Trinajstić information content (AvgIpc) is 2.47. The lowest BCUT2D eigenvalue weighted by Gasteiger charge is -2.18. The molecule has 0 aromatic carbocycles. The predicted octanol–water partition coefficient (Wildman–Crippen LogP) is 0.863. The van der Waals surface area contributed by atoms with Gasteiger partial charge in [0.25, 0.3) is 5.56 Å². The van der Waals surface area contributed by atoms with Crippen LogP contribution >= 0.6 is 11.6 Å². The molecular weight excluding hydrogens is 316 g/mol. The molecule has 0 bridgehead atoms. The van der Waals surface area contributed by atoms with Gasteiger partial charge in [0, 0.05) is 12.7 Å². The Morgan fingerprint density at radius 2 is 1.82 bits per heavy atom. The van der Waals surface area contributed by atoms with Gasteiger partial charge in [-0.3, -0.25) is 14.4 Å². The summed E-state index contributed by atoms with van der Waals surface area (Å²) in [5, 5.41) is 5.78. The number of alkyl halides is 1. The van der Waals surface area contributed by atoms with E-state index in [2.05, 4.69) is 10.2 Å². The van der Waals surface area contributed by atoms with Crippen LogP contribution in [0.3, 0.4) is 0 Å². The molecule has 0 radical (unpaired) electrons. The Morgan fingerprint density at radius 3 is 2.27 bits per heavy atom. The fraction of sp³-hybridized carbons (Fsp3) is 0.538. The van der Waals surface area contributed by atoms with Gasteiger partial charge >= 0.3 is 11.9 Å². The molecule has 1 heterocycles. The van der Waals surface area contributed by atoms with Crippen molar-refractivity contribution in [3.8, 4) is 0 Å². The largest absolute Gasteiger partial charge is 0.465 e. The van der Waals surface area contributed by atoms with Gasteiger partial charge in [-0.05, 0) is 13.8 Å². The predicted molar refractivity (Wildman–Crippen MR) is 76.5 cm³/mol. The molecule has 0 saturated carbocycles. The van der Waals surface area contributed by atoms with Gasteiger partial charge in [0.05, 0.1) is 25.0 Å². The van der Waals surface area contributed by atoms with Crippen molar-refractivity contribution in [1.29, 1.82) is 0 Å². The first kappa shape index (κ1) is 18.1. The van der Waals surface area contributed by atoms with Crippen LogP contribution in [0.2, 0.25) is 0 Å². The van der Waals surface area contributed by atoms with Crippen molar-refractivity contribution in [2.24, 2.45) is 0 Å². The number of ether oxygens (including phenoxy) is 3. The molecule has 22 heavy (non-hydrogen) atoms. The average molecular weight is 333 g/mol. The van der Waals surface area contributed by atoms with Gasteiger partial charge in [0.15, 0.2) is 11.5 Å². The maximum atomic E-state index is 12.1. The van der Waals surface area contributed by atoms with Gasteiger partial charge in [-0.25, -0.2) is 5.10 Å². The zero-order valence-corrected chi connectivity index (χ0v) is 13.2. The minimum Gasteiger partial charge on any atom is -0.465 e. The van der Waals surface area contributed by atoms with E-state index in [4.69, 9.17) is 25.8 Å². The molecule has 0 spiro atoms. The molecule has 0 saturated heterocycles. The number of esters is 2. The van der Waals surface area contributed by atoms with Crippen molar-refractivity contribution >= 4 is 23.5 Å². The molecule has 1 aromatic heterocycles. The van der Waals surface area contributed by atoms with E-state index < -0.39 is 29.0 Å². The Balaban J connectivity index is 3.42. The topological polar surface area (TPSA) is 108 Å². The summed E-state index contributed by atoms with van der Waals surface area (Å²) < 4.78 is 14.6. The molecule has 1 aromatic rings. The summed E-state index contributed by atoms with van der Waals surface area (Å²) in [4.78, 5) is 36.1. The second kappa shape index (κ2) is 8.50. The molecule has 0 aliphatic carbocycles. The third-order valence-corrected chi connectivity index (χ3v) is 3.11. The molecule has 0 aliphatic rings. The van der Waals surface area contributed by atoms with Crippen LogP contribution in [0.1, 0.15) is 36.5 Å². The molecule has 0 aliphatic heterocycles. The van der Waals surface area contributed by atoms with E-state index in [-0.39, 0.29) is 24.3 Å². The van der Waals surface area contributed by atoms with E-state index in [1.165, 1.54) is 7.11 Å². The first-order valence-electron chi connectivity index (χ1n) is 6.55. The number of hydrogen-bond donors (Lipinski definition) is 1. The number of methoxy groups -OCH3 is 1. The quantitative estimate of drug-likeness (QED) is 0.448. The molecule has 8 nitrogen and oxygen atoms in total. The van der Waals surface area contributed by atoms with Crippen LogP contribution in [0.15, 0.2) is 11.0 Å². The first-order chi connectivity index (χ1) is 10.5. The number of carbonyl (C=O) groups excluding carboxylic acids is 2. The Hall–Kier alpha value is -1.93. The fourth-order valence-electron chi connectivity index (χ4n) is 1.80. The third kappa shape index (κ3) is 4.05. The van der Waals surface area contributed by atoms with Crippen LogP contribution in [0.4, 0.5) is 0 Å². The number of hydrogen-bond acceptors (Lipinski definition) is 7. The van der Waals surface area contributed by atoms with Gasteiger partial charge in [0.2, 0.25) is 0 Å². The van der Waals surface area contributed by atoms with E-state index >= 15 is 0 Å². The number of nitrogens with one attached hydrogen (secondary N) is 1. The lowest BCUT2D eigenvalue weighted by atomic mass is 9.97. The molecule has 0 fully saturated rings. The third-order valence-electron chi connectivity index (χ3n) is 2.71. The van der Waals surface area contributed by atoms with Gasteiger partial charge in [0.1, 0.15) is 0 Å². The summed E-state index contributed by atoms with van der Waals surface area (Å²) in [5.41, 5.74) is -1.93. The van der Waals surface area contributed by atoms with Gasteiger partial charge < -0.3 is 14.2 Å². The van der Waals surface area contributed by atoms with Crippen LogP contribution < -0.4 is 5.56 Å². The van der Waals surface area contributed by atoms with Crippen molar-refractivity contribution in [3.05, 3.63) is 27.7 Å². The monoisotopic (exact) mass is 332 g/mol. The summed E-state index contributed by atoms with van der Waals surface area (Å²) in [6, 6.07) is 0. The fourth-order valence-corrected chi connectivity index (χ4v) is 2.03. The smallest absolute Gasteiger partial charge is 0.324 e. The zero-order valence-electron chi connectivity index (χ0n) is 12.4. The number of aromatic amines is 1. The summed E-state index contributed by atoms with van der Waals surface area (Å²) in [6.45, 7) is 3.32. The van der Waals surface area contributed by atoms with Crippen molar-refractivity contribution in [2.45, 2.75) is 25.3 Å². The van der Waals surface area contributed by atoms with Crippen molar-refractivity contribution in [2.75, 3.05) is 20.3 Å². The normalized spacial score (nSPS) is 12.0. The summed E-state index contributed by atoms with van der Waals surface area (Å²) in [5.74, 6) is -3.16. The molecular formula is C13H17ClN2O6. The molecule has 1 unspecified atom stereocenters. The van der Waals surface area contributed by atoms with E-state index in [0.29, 0.717) is 0 Å². The SMILES string of the molecule is CCOC(=O)C(C(=O)OCC)c1cn[nH]c(=O)c1C(Cl)OC. The molecule has 9 heteroatoms. The van der Waals surface area contributed by atoms with Gasteiger partial charge in [-0.15, -0.1) is 0 Å².